The first-order valence-corrected chi connectivity index (χ1v) is 5.29. The van der Waals surface area contributed by atoms with Crippen LogP contribution in [0.15, 0.2) is 45.8 Å². The second-order valence-electron chi connectivity index (χ2n) is 3.77. The number of aromatic amines is 2. The summed E-state index contributed by atoms with van der Waals surface area (Å²) in [5.74, 6) is -0.102. The summed E-state index contributed by atoms with van der Waals surface area (Å²) in [7, 11) is 0. The van der Waals surface area contributed by atoms with Crippen LogP contribution in [-0.2, 0) is 0 Å². The lowest BCUT2D eigenvalue weighted by Crippen LogP contribution is -2.10. The Morgan fingerprint density at radius 2 is 2.00 bits per heavy atom. The average Bonchev–Trinajstić information content (AvgIpc) is 2.95. The van der Waals surface area contributed by atoms with Gasteiger partial charge in [-0.2, -0.15) is 0 Å². The summed E-state index contributed by atoms with van der Waals surface area (Å²) in [4.78, 5) is 28.1. The molecule has 0 saturated heterocycles. The summed E-state index contributed by atoms with van der Waals surface area (Å²) < 4.78 is 4.98. The second-order valence-corrected chi connectivity index (χ2v) is 3.77. The van der Waals surface area contributed by atoms with Gasteiger partial charge in [-0.05, 0) is 30.3 Å². The summed E-state index contributed by atoms with van der Waals surface area (Å²) in [6, 6.07) is 8.31. The number of aromatic nitrogens is 2. The predicted octanol–water partition coefficient (Wildman–Crippen LogP) is 1.70. The molecular formula is C12H9N3O3. The zero-order valence-electron chi connectivity index (χ0n) is 9.19. The molecule has 0 atom stereocenters. The van der Waals surface area contributed by atoms with Gasteiger partial charge in [0.05, 0.1) is 17.3 Å². The number of anilines is 1. The summed E-state index contributed by atoms with van der Waals surface area (Å²) in [6.07, 6.45) is 1.43. The molecule has 6 heteroatoms. The van der Waals surface area contributed by atoms with Crippen LogP contribution < -0.4 is 11.0 Å². The molecule has 0 saturated carbocycles. The van der Waals surface area contributed by atoms with Crippen molar-refractivity contribution >= 4 is 22.6 Å². The van der Waals surface area contributed by atoms with Gasteiger partial charge >= 0.3 is 5.69 Å². The number of H-pyrrole nitrogens is 2. The fourth-order valence-corrected chi connectivity index (χ4v) is 1.71. The van der Waals surface area contributed by atoms with Crippen LogP contribution in [0.25, 0.3) is 11.0 Å². The second kappa shape index (κ2) is 3.92. The van der Waals surface area contributed by atoms with Crippen LogP contribution in [-0.4, -0.2) is 15.9 Å². The van der Waals surface area contributed by atoms with Gasteiger partial charge in [0.25, 0.3) is 5.91 Å². The third kappa shape index (κ3) is 1.80. The van der Waals surface area contributed by atoms with Crippen molar-refractivity contribution in [2.24, 2.45) is 0 Å². The van der Waals surface area contributed by atoms with Gasteiger partial charge in [0.2, 0.25) is 0 Å². The number of nitrogens with one attached hydrogen (secondary N) is 3. The SMILES string of the molecule is O=C(Nc1ccc2[nH]c(=O)[nH]c2c1)c1ccco1. The van der Waals surface area contributed by atoms with Crippen LogP contribution in [0.5, 0.6) is 0 Å². The van der Waals surface area contributed by atoms with Crippen molar-refractivity contribution in [2.75, 3.05) is 5.32 Å². The first-order chi connectivity index (χ1) is 8.72. The highest BCUT2D eigenvalue weighted by atomic mass is 16.3. The topological polar surface area (TPSA) is 90.9 Å². The van der Waals surface area contributed by atoms with E-state index >= 15 is 0 Å². The molecule has 0 aliphatic carbocycles. The molecule has 0 unspecified atom stereocenters. The van der Waals surface area contributed by atoms with E-state index in [0.717, 1.165) is 0 Å². The molecule has 1 aromatic carbocycles. The van der Waals surface area contributed by atoms with E-state index in [-0.39, 0.29) is 17.4 Å². The van der Waals surface area contributed by atoms with E-state index in [0.29, 0.717) is 16.7 Å². The maximum absolute atomic E-state index is 11.7. The van der Waals surface area contributed by atoms with Crippen molar-refractivity contribution in [1.82, 2.24) is 9.97 Å². The van der Waals surface area contributed by atoms with Gasteiger partial charge in [-0.3, -0.25) is 4.79 Å². The first-order valence-electron chi connectivity index (χ1n) is 5.29. The van der Waals surface area contributed by atoms with Gasteiger partial charge in [0.1, 0.15) is 0 Å². The minimum absolute atomic E-state index is 0.234. The minimum atomic E-state index is -0.336. The number of imidazole rings is 1. The minimum Gasteiger partial charge on any atom is -0.459 e. The normalized spacial score (nSPS) is 10.7. The summed E-state index contributed by atoms with van der Waals surface area (Å²) in [5, 5.41) is 2.68. The monoisotopic (exact) mass is 243 g/mol. The van der Waals surface area contributed by atoms with Crippen LogP contribution in [0, 0.1) is 0 Å². The summed E-state index contributed by atoms with van der Waals surface area (Å²) in [5.41, 5.74) is 1.63. The van der Waals surface area contributed by atoms with Crippen molar-refractivity contribution in [2.45, 2.75) is 0 Å². The Balaban J connectivity index is 1.91. The molecule has 0 radical (unpaired) electrons. The van der Waals surface area contributed by atoms with E-state index in [9.17, 15) is 9.59 Å². The highest BCUT2D eigenvalue weighted by Gasteiger charge is 2.09. The van der Waals surface area contributed by atoms with Gasteiger partial charge in [-0.15, -0.1) is 0 Å². The van der Waals surface area contributed by atoms with Crippen LogP contribution in [0.4, 0.5) is 5.69 Å². The highest BCUT2D eigenvalue weighted by Crippen LogP contribution is 2.15. The molecule has 0 fully saturated rings. The number of carbonyl (C=O) groups excluding carboxylic acids is 1. The van der Waals surface area contributed by atoms with Crippen LogP contribution in [0.3, 0.4) is 0 Å². The highest BCUT2D eigenvalue weighted by molar-refractivity contribution is 6.03. The predicted molar refractivity (Wildman–Crippen MR) is 65.6 cm³/mol. The fraction of sp³-hybridized carbons (Fsp3) is 0. The fourth-order valence-electron chi connectivity index (χ4n) is 1.71. The van der Waals surface area contributed by atoms with Crippen molar-refractivity contribution < 1.29 is 9.21 Å². The van der Waals surface area contributed by atoms with Crippen molar-refractivity contribution in [1.29, 1.82) is 0 Å². The molecule has 3 N–H and O–H groups in total. The van der Waals surface area contributed by atoms with Crippen LogP contribution >= 0.6 is 0 Å². The van der Waals surface area contributed by atoms with Crippen molar-refractivity contribution in [3.8, 4) is 0 Å². The molecule has 2 heterocycles. The lowest BCUT2D eigenvalue weighted by atomic mass is 10.2. The Morgan fingerprint density at radius 3 is 2.78 bits per heavy atom. The number of rotatable bonds is 2. The smallest absolute Gasteiger partial charge is 0.323 e. The number of amides is 1. The third-order valence-corrected chi connectivity index (χ3v) is 2.52. The van der Waals surface area contributed by atoms with Crippen molar-refractivity contribution in [3.05, 3.63) is 52.8 Å². The molecule has 1 amide bonds. The average molecular weight is 243 g/mol. The van der Waals surface area contributed by atoms with Gasteiger partial charge in [0, 0.05) is 5.69 Å². The van der Waals surface area contributed by atoms with E-state index in [1.165, 1.54) is 6.26 Å². The van der Waals surface area contributed by atoms with E-state index < -0.39 is 0 Å². The van der Waals surface area contributed by atoms with Gasteiger partial charge in [0.15, 0.2) is 5.76 Å². The van der Waals surface area contributed by atoms with Crippen molar-refractivity contribution in [3.63, 3.8) is 0 Å². The van der Waals surface area contributed by atoms with Gasteiger partial charge in [-0.1, -0.05) is 0 Å². The van der Waals surface area contributed by atoms with Crippen LogP contribution in [0.2, 0.25) is 0 Å². The molecule has 2 aromatic heterocycles. The third-order valence-electron chi connectivity index (χ3n) is 2.52. The number of carbonyl (C=O) groups is 1. The number of benzene rings is 1. The number of hydrogen-bond acceptors (Lipinski definition) is 3. The molecule has 3 rings (SSSR count). The zero-order valence-corrected chi connectivity index (χ0v) is 9.19. The Morgan fingerprint density at radius 1 is 1.17 bits per heavy atom. The Labute approximate surface area is 101 Å². The molecule has 90 valence electrons. The first kappa shape index (κ1) is 10.4. The van der Waals surface area contributed by atoms with Crippen LogP contribution in [0.1, 0.15) is 10.6 Å². The number of fused-ring (bicyclic) bond motifs is 1. The molecule has 0 aliphatic heterocycles. The maximum atomic E-state index is 11.7. The quantitative estimate of drug-likeness (QED) is 0.639. The molecule has 0 aliphatic rings. The maximum Gasteiger partial charge on any atom is 0.323 e. The molecule has 0 bridgehead atoms. The van der Waals surface area contributed by atoms with E-state index in [2.05, 4.69) is 15.3 Å². The Kier molecular flexibility index (Phi) is 2.26. The molecule has 18 heavy (non-hydrogen) atoms. The molecule has 6 nitrogen and oxygen atoms in total. The molecular weight excluding hydrogens is 234 g/mol. The van der Waals surface area contributed by atoms with E-state index in [1.807, 2.05) is 0 Å². The van der Waals surface area contributed by atoms with E-state index in [1.54, 1.807) is 30.3 Å². The molecule has 3 aromatic rings. The summed E-state index contributed by atoms with van der Waals surface area (Å²) in [6.45, 7) is 0. The lowest BCUT2D eigenvalue weighted by molar-refractivity contribution is 0.0996. The van der Waals surface area contributed by atoms with Gasteiger partial charge < -0.3 is 19.7 Å². The zero-order chi connectivity index (χ0) is 12.5. The largest absolute Gasteiger partial charge is 0.459 e. The number of hydrogen-bond donors (Lipinski definition) is 3. The Hall–Kier alpha value is -2.76. The molecule has 0 spiro atoms. The Bertz CT molecular complexity index is 752. The van der Waals surface area contributed by atoms with E-state index in [4.69, 9.17) is 4.42 Å². The summed E-state index contributed by atoms with van der Waals surface area (Å²) >= 11 is 0. The number of furan rings is 1. The van der Waals surface area contributed by atoms with Gasteiger partial charge in [-0.25, -0.2) is 4.79 Å². The standard InChI is InChI=1S/C12H9N3O3/c16-11(10-2-1-5-18-10)13-7-3-4-8-9(6-7)15-12(17)14-8/h1-6H,(H,13,16)(H2,14,15,17). The lowest BCUT2D eigenvalue weighted by Gasteiger charge is -2.02.